The summed E-state index contributed by atoms with van der Waals surface area (Å²) in [6.45, 7) is 0. The number of nitrogens with one attached hydrogen (secondary N) is 1. The van der Waals surface area contributed by atoms with Crippen LogP contribution in [-0.4, -0.2) is 22.0 Å². The Hall–Kier alpha value is -2.69. The second-order valence-corrected chi connectivity index (χ2v) is 3.89. The monoisotopic (exact) mass is 256 g/mol. The zero-order valence-corrected chi connectivity index (χ0v) is 10.0. The van der Waals surface area contributed by atoms with Gasteiger partial charge in [-0.05, 0) is 12.1 Å². The molecule has 0 spiro atoms. The Balaban J connectivity index is 2.16. The Labute approximate surface area is 109 Å². The molecule has 1 aromatic carbocycles. The molecule has 0 bridgehead atoms. The summed E-state index contributed by atoms with van der Waals surface area (Å²) < 4.78 is 0. The van der Waals surface area contributed by atoms with Crippen molar-refractivity contribution in [3.63, 3.8) is 0 Å². The molecule has 1 aromatic heterocycles. The fourth-order valence-corrected chi connectivity index (χ4v) is 1.60. The standard InChI is InChI=1S/C14H12N2O3/c17-13(9-14(18)19)16-12-8-4-7-11(15-12)10-5-2-1-3-6-10/h1-8H,9H2,(H,18,19)(H,15,16,17). The molecule has 2 N–H and O–H groups in total. The smallest absolute Gasteiger partial charge is 0.312 e. The molecule has 1 amide bonds. The van der Waals surface area contributed by atoms with Crippen LogP contribution in [0.15, 0.2) is 48.5 Å². The Bertz CT molecular complexity index is 597. The summed E-state index contributed by atoms with van der Waals surface area (Å²) in [6.07, 6.45) is -0.572. The van der Waals surface area contributed by atoms with Crippen LogP contribution in [-0.2, 0) is 9.59 Å². The van der Waals surface area contributed by atoms with Gasteiger partial charge in [0.25, 0.3) is 0 Å². The van der Waals surface area contributed by atoms with Gasteiger partial charge in [0.1, 0.15) is 12.2 Å². The highest BCUT2D eigenvalue weighted by Gasteiger charge is 2.08. The second kappa shape index (κ2) is 5.77. The Morgan fingerprint density at radius 3 is 2.47 bits per heavy atom. The van der Waals surface area contributed by atoms with Crippen molar-refractivity contribution in [2.45, 2.75) is 6.42 Å². The highest BCUT2D eigenvalue weighted by Crippen LogP contribution is 2.18. The minimum atomic E-state index is -1.17. The van der Waals surface area contributed by atoms with E-state index in [4.69, 9.17) is 5.11 Å². The van der Waals surface area contributed by atoms with Gasteiger partial charge in [-0.2, -0.15) is 0 Å². The average molecular weight is 256 g/mol. The SMILES string of the molecule is O=C(O)CC(=O)Nc1cccc(-c2ccccc2)n1. The summed E-state index contributed by atoms with van der Waals surface area (Å²) in [5.41, 5.74) is 1.64. The number of aromatic nitrogens is 1. The molecule has 0 aliphatic carbocycles. The third-order valence-electron chi connectivity index (χ3n) is 2.40. The zero-order chi connectivity index (χ0) is 13.7. The number of carboxylic acids is 1. The zero-order valence-electron chi connectivity index (χ0n) is 10.0. The van der Waals surface area contributed by atoms with E-state index in [1.807, 2.05) is 36.4 Å². The number of amides is 1. The molecule has 0 aliphatic heterocycles. The van der Waals surface area contributed by atoms with Gasteiger partial charge in [-0.15, -0.1) is 0 Å². The number of carboxylic acid groups (broad SMARTS) is 1. The number of carbonyl (C=O) groups is 2. The van der Waals surface area contributed by atoms with Gasteiger partial charge in [0.15, 0.2) is 0 Å². The Kier molecular flexibility index (Phi) is 3.87. The number of anilines is 1. The molecule has 0 radical (unpaired) electrons. The normalized spacial score (nSPS) is 9.89. The number of benzene rings is 1. The van der Waals surface area contributed by atoms with Crippen molar-refractivity contribution in [3.8, 4) is 11.3 Å². The highest BCUT2D eigenvalue weighted by molar-refractivity contribution is 6.00. The molecular weight excluding hydrogens is 244 g/mol. The predicted molar refractivity (Wildman–Crippen MR) is 70.6 cm³/mol. The molecule has 0 unspecified atom stereocenters. The van der Waals surface area contributed by atoms with Crippen LogP contribution < -0.4 is 5.32 Å². The van der Waals surface area contributed by atoms with Crippen LogP contribution >= 0.6 is 0 Å². The van der Waals surface area contributed by atoms with E-state index in [2.05, 4.69) is 10.3 Å². The van der Waals surface area contributed by atoms with Gasteiger partial charge in [-0.25, -0.2) is 4.98 Å². The minimum Gasteiger partial charge on any atom is -0.481 e. The molecule has 0 aliphatic rings. The lowest BCUT2D eigenvalue weighted by atomic mass is 10.1. The first kappa shape index (κ1) is 12.8. The largest absolute Gasteiger partial charge is 0.481 e. The molecular formula is C14H12N2O3. The van der Waals surface area contributed by atoms with E-state index in [9.17, 15) is 9.59 Å². The number of carbonyl (C=O) groups excluding carboxylic acids is 1. The molecule has 1 heterocycles. The highest BCUT2D eigenvalue weighted by atomic mass is 16.4. The van der Waals surface area contributed by atoms with Crippen molar-refractivity contribution in [3.05, 3.63) is 48.5 Å². The van der Waals surface area contributed by atoms with Crippen LogP contribution in [0.5, 0.6) is 0 Å². The first-order chi connectivity index (χ1) is 9.15. The molecule has 19 heavy (non-hydrogen) atoms. The number of hydrogen-bond donors (Lipinski definition) is 2. The van der Waals surface area contributed by atoms with Gasteiger partial charge in [-0.3, -0.25) is 9.59 Å². The molecule has 0 fully saturated rings. The van der Waals surface area contributed by atoms with E-state index in [0.29, 0.717) is 11.5 Å². The van der Waals surface area contributed by atoms with E-state index in [0.717, 1.165) is 5.56 Å². The molecule has 96 valence electrons. The number of rotatable bonds is 4. The Morgan fingerprint density at radius 2 is 1.79 bits per heavy atom. The average Bonchev–Trinajstić information content (AvgIpc) is 2.39. The number of pyridine rings is 1. The predicted octanol–water partition coefficient (Wildman–Crippen LogP) is 2.16. The summed E-state index contributed by atoms with van der Waals surface area (Å²) in [5, 5.41) is 11.0. The lowest BCUT2D eigenvalue weighted by molar-refractivity contribution is -0.139. The van der Waals surface area contributed by atoms with Crippen LogP contribution in [0.1, 0.15) is 6.42 Å². The van der Waals surface area contributed by atoms with Gasteiger partial charge in [0.2, 0.25) is 5.91 Å². The van der Waals surface area contributed by atoms with Gasteiger partial charge in [0, 0.05) is 5.56 Å². The van der Waals surface area contributed by atoms with E-state index < -0.39 is 18.3 Å². The van der Waals surface area contributed by atoms with E-state index in [-0.39, 0.29) is 0 Å². The van der Waals surface area contributed by atoms with Crippen LogP contribution in [0.25, 0.3) is 11.3 Å². The van der Waals surface area contributed by atoms with E-state index in [1.165, 1.54) is 0 Å². The lowest BCUT2D eigenvalue weighted by Crippen LogP contribution is -2.16. The van der Waals surface area contributed by atoms with Crippen molar-refractivity contribution >= 4 is 17.7 Å². The third kappa shape index (κ3) is 3.64. The second-order valence-electron chi connectivity index (χ2n) is 3.89. The first-order valence-corrected chi connectivity index (χ1v) is 5.69. The van der Waals surface area contributed by atoms with Gasteiger partial charge in [-0.1, -0.05) is 36.4 Å². The lowest BCUT2D eigenvalue weighted by Gasteiger charge is -2.05. The van der Waals surface area contributed by atoms with Gasteiger partial charge < -0.3 is 10.4 Å². The van der Waals surface area contributed by atoms with Crippen molar-refractivity contribution in [1.29, 1.82) is 0 Å². The summed E-state index contributed by atoms with van der Waals surface area (Å²) in [6, 6.07) is 14.7. The molecule has 5 nitrogen and oxygen atoms in total. The fourth-order valence-electron chi connectivity index (χ4n) is 1.60. The maximum Gasteiger partial charge on any atom is 0.312 e. The van der Waals surface area contributed by atoms with Gasteiger partial charge >= 0.3 is 5.97 Å². The van der Waals surface area contributed by atoms with Crippen LogP contribution in [0.2, 0.25) is 0 Å². The summed E-state index contributed by atoms with van der Waals surface area (Å²) in [5.74, 6) is -1.42. The van der Waals surface area contributed by atoms with Crippen molar-refractivity contribution in [2.24, 2.45) is 0 Å². The molecule has 0 atom stereocenters. The molecule has 0 saturated heterocycles. The summed E-state index contributed by atoms with van der Waals surface area (Å²) in [7, 11) is 0. The van der Waals surface area contributed by atoms with Crippen molar-refractivity contribution in [2.75, 3.05) is 5.32 Å². The maximum atomic E-state index is 11.3. The molecule has 0 saturated carbocycles. The third-order valence-corrected chi connectivity index (χ3v) is 2.40. The van der Waals surface area contributed by atoms with Crippen LogP contribution in [0.3, 0.4) is 0 Å². The fraction of sp³-hybridized carbons (Fsp3) is 0.0714. The van der Waals surface area contributed by atoms with Crippen LogP contribution in [0, 0.1) is 0 Å². The summed E-state index contributed by atoms with van der Waals surface area (Å²) in [4.78, 5) is 26.0. The van der Waals surface area contributed by atoms with Gasteiger partial charge in [0.05, 0.1) is 5.69 Å². The topological polar surface area (TPSA) is 79.3 Å². The molecule has 2 aromatic rings. The minimum absolute atomic E-state index is 0.340. The molecule has 5 heteroatoms. The van der Waals surface area contributed by atoms with Crippen molar-refractivity contribution in [1.82, 2.24) is 4.98 Å². The number of nitrogens with zero attached hydrogens (tertiary/aromatic N) is 1. The quantitative estimate of drug-likeness (QED) is 0.821. The van der Waals surface area contributed by atoms with Crippen LogP contribution in [0.4, 0.5) is 5.82 Å². The summed E-state index contributed by atoms with van der Waals surface area (Å²) >= 11 is 0. The number of aliphatic carboxylic acids is 1. The van der Waals surface area contributed by atoms with E-state index >= 15 is 0 Å². The molecule has 2 rings (SSSR count). The Morgan fingerprint density at radius 1 is 1.05 bits per heavy atom. The van der Waals surface area contributed by atoms with E-state index in [1.54, 1.807) is 12.1 Å². The van der Waals surface area contributed by atoms with Crippen molar-refractivity contribution < 1.29 is 14.7 Å². The number of hydrogen-bond acceptors (Lipinski definition) is 3. The first-order valence-electron chi connectivity index (χ1n) is 5.69. The maximum absolute atomic E-state index is 11.3.